The topological polar surface area (TPSA) is 78.4 Å². The van der Waals surface area contributed by atoms with Gasteiger partial charge < -0.3 is 15.7 Å². The standard InChI is InChI=1S/C15H19ClN2O3/c1-2-15(6-3-7-15)17-9-13(19)18-12-8-10(14(20)21)4-5-11(12)16/h4-5,8,17H,2-3,6-7,9H2,1H3,(H,18,19)(H,20,21). The van der Waals surface area contributed by atoms with Crippen LogP contribution in [0, 0.1) is 0 Å². The summed E-state index contributed by atoms with van der Waals surface area (Å²) in [5.74, 6) is -1.28. The van der Waals surface area contributed by atoms with Gasteiger partial charge in [-0.15, -0.1) is 0 Å². The molecule has 0 radical (unpaired) electrons. The lowest BCUT2D eigenvalue weighted by molar-refractivity contribution is -0.116. The minimum atomic E-state index is -1.06. The molecule has 21 heavy (non-hydrogen) atoms. The molecule has 2 rings (SSSR count). The van der Waals surface area contributed by atoms with E-state index in [9.17, 15) is 9.59 Å². The van der Waals surface area contributed by atoms with Crippen LogP contribution >= 0.6 is 11.6 Å². The van der Waals surface area contributed by atoms with Crippen molar-refractivity contribution in [3.8, 4) is 0 Å². The third-order valence-corrected chi connectivity index (χ3v) is 4.43. The number of rotatable bonds is 6. The van der Waals surface area contributed by atoms with Gasteiger partial charge in [0.1, 0.15) is 0 Å². The number of carbonyl (C=O) groups is 2. The van der Waals surface area contributed by atoms with Crippen molar-refractivity contribution in [3.05, 3.63) is 28.8 Å². The van der Waals surface area contributed by atoms with E-state index >= 15 is 0 Å². The second-order valence-corrected chi connectivity index (χ2v) is 5.80. The van der Waals surface area contributed by atoms with Crippen LogP contribution in [-0.2, 0) is 4.79 Å². The molecular weight excluding hydrogens is 292 g/mol. The predicted octanol–water partition coefficient (Wildman–Crippen LogP) is 2.90. The molecule has 1 fully saturated rings. The SMILES string of the molecule is CCC1(NCC(=O)Nc2cc(C(=O)O)ccc2Cl)CCC1. The van der Waals surface area contributed by atoms with Crippen LogP contribution in [0.25, 0.3) is 0 Å². The summed E-state index contributed by atoms with van der Waals surface area (Å²) in [6, 6.07) is 4.23. The average Bonchev–Trinajstić information content (AvgIpc) is 2.40. The first kappa shape index (κ1) is 15.8. The number of nitrogens with one attached hydrogen (secondary N) is 2. The van der Waals surface area contributed by atoms with Crippen LogP contribution in [-0.4, -0.2) is 29.1 Å². The van der Waals surface area contributed by atoms with Crippen LogP contribution in [0.1, 0.15) is 43.0 Å². The molecule has 0 unspecified atom stereocenters. The second kappa shape index (κ2) is 6.45. The van der Waals surface area contributed by atoms with E-state index in [1.807, 2.05) is 0 Å². The minimum Gasteiger partial charge on any atom is -0.478 e. The molecule has 0 heterocycles. The maximum atomic E-state index is 12.0. The molecule has 6 heteroatoms. The number of carboxylic acids is 1. The summed E-state index contributed by atoms with van der Waals surface area (Å²) in [7, 11) is 0. The van der Waals surface area contributed by atoms with E-state index < -0.39 is 5.97 Å². The molecule has 0 aromatic heterocycles. The number of carboxylic acid groups (broad SMARTS) is 1. The fourth-order valence-corrected chi connectivity index (χ4v) is 2.64. The van der Waals surface area contributed by atoms with Crippen LogP contribution < -0.4 is 10.6 Å². The number of anilines is 1. The Kier molecular flexibility index (Phi) is 4.85. The van der Waals surface area contributed by atoms with E-state index in [0.29, 0.717) is 10.7 Å². The largest absolute Gasteiger partial charge is 0.478 e. The Bertz CT molecular complexity index is 550. The Morgan fingerprint density at radius 3 is 2.62 bits per heavy atom. The highest BCUT2D eigenvalue weighted by Crippen LogP contribution is 2.34. The van der Waals surface area contributed by atoms with Gasteiger partial charge in [0.15, 0.2) is 0 Å². The summed E-state index contributed by atoms with van der Waals surface area (Å²) in [4.78, 5) is 22.9. The lowest BCUT2D eigenvalue weighted by Gasteiger charge is -2.42. The van der Waals surface area contributed by atoms with Gasteiger partial charge >= 0.3 is 5.97 Å². The van der Waals surface area contributed by atoms with Gasteiger partial charge in [0.25, 0.3) is 0 Å². The van der Waals surface area contributed by atoms with Crippen molar-refractivity contribution in [2.45, 2.75) is 38.1 Å². The number of aromatic carboxylic acids is 1. The highest BCUT2D eigenvalue weighted by atomic mass is 35.5. The fourth-order valence-electron chi connectivity index (χ4n) is 2.48. The molecule has 1 aliphatic rings. The molecule has 0 bridgehead atoms. The van der Waals surface area contributed by atoms with Crippen LogP contribution in [0.5, 0.6) is 0 Å². The lowest BCUT2D eigenvalue weighted by atomic mass is 9.75. The molecule has 0 saturated heterocycles. The molecule has 5 nitrogen and oxygen atoms in total. The summed E-state index contributed by atoms with van der Waals surface area (Å²) >= 11 is 5.97. The predicted molar refractivity (Wildman–Crippen MR) is 81.9 cm³/mol. The van der Waals surface area contributed by atoms with E-state index in [0.717, 1.165) is 19.3 Å². The van der Waals surface area contributed by atoms with Crippen LogP contribution in [0.3, 0.4) is 0 Å². The number of benzene rings is 1. The van der Waals surface area contributed by atoms with Crippen molar-refractivity contribution in [2.75, 3.05) is 11.9 Å². The smallest absolute Gasteiger partial charge is 0.335 e. The van der Waals surface area contributed by atoms with Crippen molar-refractivity contribution in [2.24, 2.45) is 0 Å². The van der Waals surface area contributed by atoms with Crippen molar-refractivity contribution < 1.29 is 14.7 Å². The summed E-state index contributed by atoms with van der Waals surface area (Å²) in [5, 5.41) is 15.2. The van der Waals surface area contributed by atoms with Crippen molar-refractivity contribution in [1.29, 1.82) is 0 Å². The summed E-state index contributed by atoms with van der Waals surface area (Å²) in [6.07, 6.45) is 4.36. The molecule has 0 atom stereocenters. The Balaban J connectivity index is 1.96. The third kappa shape index (κ3) is 3.74. The molecule has 1 saturated carbocycles. The van der Waals surface area contributed by atoms with Gasteiger partial charge in [0.05, 0.1) is 22.8 Å². The second-order valence-electron chi connectivity index (χ2n) is 5.39. The summed E-state index contributed by atoms with van der Waals surface area (Å²) in [6.45, 7) is 2.30. The molecule has 3 N–H and O–H groups in total. The van der Waals surface area contributed by atoms with Gasteiger partial charge in [-0.2, -0.15) is 0 Å². The van der Waals surface area contributed by atoms with Crippen molar-refractivity contribution >= 4 is 29.2 Å². The zero-order chi connectivity index (χ0) is 15.5. The molecule has 114 valence electrons. The van der Waals surface area contributed by atoms with Crippen LogP contribution in [0.2, 0.25) is 5.02 Å². The van der Waals surface area contributed by atoms with Gasteiger partial charge in [-0.3, -0.25) is 4.79 Å². The quantitative estimate of drug-likeness (QED) is 0.755. The Labute approximate surface area is 128 Å². The first-order valence-electron chi connectivity index (χ1n) is 7.03. The number of halogens is 1. The van der Waals surface area contributed by atoms with Crippen molar-refractivity contribution in [1.82, 2.24) is 5.32 Å². The van der Waals surface area contributed by atoms with Gasteiger partial charge in [-0.1, -0.05) is 18.5 Å². The van der Waals surface area contributed by atoms with Gasteiger partial charge in [0.2, 0.25) is 5.91 Å². The number of hydrogen-bond donors (Lipinski definition) is 3. The molecule has 1 aliphatic carbocycles. The van der Waals surface area contributed by atoms with Gasteiger partial charge in [-0.05, 0) is 43.9 Å². The maximum Gasteiger partial charge on any atom is 0.335 e. The van der Waals surface area contributed by atoms with Crippen molar-refractivity contribution in [3.63, 3.8) is 0 Å². The molecule has 1 amide bonds. The Hall–Kier alpha value is -1.59. The molecule has 1 aromatic rings. The highest BCUT2D eigenvalue weighted by Gasteiger charge is 2.34. The molecule has 0 aliphatic heterocycles. The van der Waals surface area contributed by atoms with Crippen LogP contribution in [0.4, 0.5) is 5.69 Å². The lowest BCUT2D eigenvalue weighted by Crippen LogP contribution is -2.52. The maximum absolute atomic E-state index is 12.0. The van der Waals surface area contributed by atoms with E-state index in [2.05, 4.69) is 17.6 Å². The minimum absolute atomic E-state index is 0.0873. The van der Waals surface area contributed by atoms with Crippen LogP contribution in [0.15, 0.2) is 18.2 Å². The first-order chi connectivity index (χ1) is 9.96. The number of amides is 1. The molecular formula is C15H19ClN2O3. The average molecular weight is 311 g/mol. The van der Waals surface area contributed by atoms with Gasteiger partial charge in [0, 0.05) is 5.54 Å². The first-order valence-corrected chi connectivity index (χ1v) is 7.41. The fraction of sp³-hybridized carbons (Fsp3) is 0.467. The van der Waals surface area contributed by atoms with E-state index in [1.165, 1.54) is 24.6 Å². The molecule has 1 aromatic carbocycles. The number of hydrogen-bond acceptors (Lipinski definition) is 3. The van der Waals surface area contributed by atoms with Gasteiger partial charge in [-0.25, -0.2) is 4.79 Å². The highest BCUT2D eigenvalue weighted by molar-refractivity contribution is 6.33. The van der Waals surface area contributed by atoms with E-state index in [4.69, 9.17) is 16.7 Å². The third-order valence-electron chi connectivity index (χ3n) is 4.10. The van der Waals surface area contributed by atoms with E-state index in [1.54, 1.807) is 0 Å². The van der Waals surface area contributed by atoms with E-state index in [-0.39, 0.29) is 23.6 Å². The summed E-state index contributed by atoms with van der Waals surface area (Å²) in [5.41, 5.74) is 0.499. The zero-order valence-corrected chi connectivity index (χ0v) is 12.7. The summed E-state index contributed by atoms with van der Waals surface area (Å²) < 4.78 is 0. The Morgan fingerprint density at radius 2 is 2.10 bits per heavy atom. The normalized spacial score (nSPS) is 16.1. The zero-order valence-electron chi connectivity index (χ0n) is 11.9. The monoisotopic (exact) mass is 310 g/mol. The Morgan fingerprint density at radius 1 is 1.38 bits per heavy atom. The number of carbonyl (C=O) groups excluding carboxylic acids is 1. The molecule has 0 spiro atoms.